The van der Waals surface area contributed by atoms with Crippen LogP contribution in [-0.2, 0) is 24.4 Å². The number of urea groups is 1. The summed E-state index contributed by atoms with van der Waals surface area (Å²) in [4.78, 5) is 26.7. The molecule has 3 amide bonds. The molecule has 6 nitrogen and oxygen atoms in total. The number of allylic oxidation sites excluding steroid dienone is 1. The maximum atomic E-state index is 13.0. The highest BCUT2D eigenvalue weighted by Crippen LogP contribution is 2.35. The average molecular weight is 503 g/mol. The molecule has 3 aromatic rings. The van der Waals surface area contributed by atoms with Crippen molar-refractivity contribution in [2.75, 3.05) is 7.11 Å². The quantitative estimate of drug-likeness (QED) is 0.219. The summed E-state index contributed by atoms with van der Waals surface area (Å²) in [6.45, 7) is 6.37. The lowest BCUT2D eigenvalue weighted by Gasteiger charge is -2.16. The van der Waals surface area contributed by atoms with E-state index in [9.17, 15) is 9.59 Å². The summed E-state index contributed by atoms with van der Waals surface area (Å²) in [5.41, 5.74) is 4.70. The predicted molar refractivity (Wildman–Crippen MR) is 141 cm³/mol. The van der Waals surface area contributed by atoms with Crippen molar-refractivity contribution < 1.29 is 19.1 Å². The number of ether oxygens (including phenoxy) is 2. The Morgan fingerprint density at radius 2 is 1.72 bits per heavy atom. The molecule has 0 radical (unpaired) electrons. The van der Waals surface area contributed by atoms with Crippen molar-refractivity contribution in [2.24, 2.45) is 0 Å². The van der Waals surface area contributed by atoms with Crippen molar-refractivity contribution in [2.45, 2.75) is 26.5 Å². The second-order valence-electron chi connectivity index (χ2n) is 8.48. The molecule has 0 aliphatic carbocycles. The molecule has 184 valence electrons. The van der Waals surface area contributed by atoms with Gasteiger partial charge in [0.25, 0.3) is 5.91 Å². The first-order valence-corrected chi connectivity index (χ1v) is 11.8. The second-order valence-corrected chi connectivity index (χ2v) is 8.92. The summed E-state index contributed by atoms with van der Waals surface area (Å²) in [6.07, 6.45) is 3.95. The van der Waals surface area contributed by atoms with Crippen molar-refractivity contribution in [1.29, 1.82) is 0 Å². The van der Waals surface area contributed by atoms with E-state index in [4.69, 9.17) is 21.1 Å². The maximum absolute atomic E-state index is 13.0. The van der Waals surface area contributed by atoms with E-state index >= 15 is 0 Å². The molecule has 1 fully saturated rings. The van der Waals surface area contributed by atoms with Crippen LogP contribution in [-0.4, -0.2) is 23.9 Å². The minimum atomic E-state index is -0.451. The summed E-state index contributed by atoms with van der Waals surface area (Å²) in [5, 5.41) is 3.34. The van der Waals surface area contributed by atoms with E-state index in [1.165, 1.54) is 4.90 Å². The van der Waals surface area contributed by atoms with E-state index in [0.29, 0.717) is 35.1 Å². The lowest BCUT2D eigenvalue weighted by molar-refractivity contribution is -0.123. The second kappa shape index (κ2) is 11.1. The number of hydrogen-bond donors (Lipinski definition) is 1. The summed E-state index contributed by atoms with van der Waals surface area (Å²) in [5.74, 6) is 0.730. The van der Waals surface area contributed by atoms with Crippen LogP contribution in [0.25, 0.3) is 6.08 Å². The molecule has 0 atom stereocenters. The van der Waals surface area contributed by atoms with Crippen LogP contribution < -0.4 is 14.8 Å². The van der Waals surface area contributed by atoms with Gasteiger partial charge in [-0.25, -0.2) is 4.79 Å². The number of hydrogen-bond acceptors (Lipinski definition) is 4. The Hall–Kier alpha value is -4.03. The van der Waals surface area contributed by atoms with Crippen LogP contribution >= 0.6 is 11.6 Å². The van der Waals surface area contributed by atoms with E-state index in [-0.39, 0.29) is 18.1 Å². The van der Waals surface area contributed by atoms with Crippen LogP contribution in [0.2, 0.25) is 5.02 Å². The zero-order valence-corrected chi connectivity index (χ0v) is 21.0. The Bertz CT molecular complexity index is 1310. The highest BCUT2D eigenvalue weighted by molar-refractivity contribution is 6.30. The monoisotopic (exact) mass is 502 g/mol. The number of amides is 3. The fourth-order valence-corrected chi connectivity index (χ4v) is 4.01. The van der Waals surface area contributed by atoms with Gasteiger partial charge in [-0.2, -0.15) is 0 Å². The molecule has 0 unspecified atom stereocenters. The molecular formula is C29H27ClN2O4. The maximum Gasteiger partial charge on any atom is 0.329 e. The average Bonchev–Trinajstić information content (AvgIpc) is 3.12. The number of nitrogens with one attached hydrogen (secondary N) is 1. The fraction of sp³-hybridized carbons (Fsp3) is 0.172. The Balaban J connectivity index is 1.58. The van der Waals surface area contributed by atoms with Gasteiger partial charge in [-0.05, 0) is 60.4 Å². The molecule has 7 heteroatoms. The standard InChI is InChI=1S/C29H27ClN2O4/c1-4-5-23-14-22(16-26(35-3)27(23)36-18-21-10-12-24(30)13-11-21)15-25-28(33)32(29(34)31-25)17-20-8-6-19(2)7-9-20/h4,6-16H,1,5,17-18H2,2-3H3,(H,31,34)/b25-15+. The Labute approximate surface area is 215 Å². The number of halogens is 1. The lowest BCUT2D eigenvalue weighted by Crippen LogP contribution is -2.30. The molecule has 36 heavy (non-hydrogen) atoms. The first-order chi connectivity index (χ1) is 17.4. The predicted octanol–water partition coefficient (Wildman–Crippen LogP) is 6.06. The van der Waals surface area contributed by atoms with E-state index in [1.807, 2.05) is 61.5 Å². The highest BCUT2D eigenvalue weighted by Gasteiger charge is 2.33. The molecular weight excluding hydrogens is 476 g/mol. The SMILES string of the molecule is C=CCc1cc(/C=C2/NC(=O)N(Cc3ccc(C)cc3)C2=O)cc(OC)c1OCc1ccc(Cl)cc1. The van der Waals surface area contributed by atoms with E-state index in [0.717, 1.165) is 22.3 Å². The van der Waals surface area contributed by atoms with Crippen molar-refractivity contribution in [3.63, 3.8) is 0 Å². The van der Waals surface area contributed by atoms with Gasteiger partial charge in [0, 0.05) is 10.6 Å². The summed E-state index contributed by atoms with van der Waals surface area (Å²) in [7, 11) is 1.56. The van der Waals surface area contributed by atoms with Gasteiger partial charge in [-0.3, -0.25) is 9.69 Å². The largest absolute Gasteiger partial charge is 0.493 e. The molecule has 1 aliphatic heterocycles. The molecule has 0 bridgehead atoms. The van der Waals surface area contributed by atoms with E-state index < -0.39 is 6.03 Å². The number of aryl methyl sites for hydroxylation is 1. The lowest BCUT2D eigenvalue weighted by atomic mass is 10.0. The number of imide groups is 1. The van der Waals surface area contributed by atoms with E-state index in [2.05, 4.69) is 11.9 Å². The Morgan fingerprint density at radius 1 is 1.03 bits per heavy atom. The van der Waals surface area contributed by atoms with Gasteiger partial charge >= 0.3 is 6.03 Å². The summed E-state index contributed by atoms with van der Waals surface area (Å²) >= 11 is 5.97. The number of carbonyl (C=O) groups excluding carboxylic acids is 2. The molecule has 0 aromatic heterocycles. The highest BCUT2D eigenvalue weighted by atomic mass is 35.5. The van der Waals surface area contributed by atoms with Gasteiger partial charge in [-0.15, -0.1) is 6.58 Å². The fourth-order valence-electron chi connectivity index (χ4n) is 3.88. The Kier molecular flexibility index (Phi) is 7.76. The smallest absolute Gasteiger partial charge is 0.329 e. The van der Waals surface area contributed by atoms with Gasteiger partial charge in [0.15, 0.2) is 11.5 Å². The number of rotatable bonds is 9. The van der Waals surface area contributed by atoms with Crippen molar-refractivity contribution in [1.82, 2.24) is 10.2 Å². The minimum Gasteiger partial charge on any atom is -0.493 e. The molecule has 1 heterocycles. The van der Waals surface area contributed by atoms with Crippen LogP contribution in [0, 0.1) is 6.92 Å². The van der Waals surface area contributed by atoms with Crippen LogP contribution in [0.15, 0.2) is 79.0 Å². The third-order valence-corrected chi connectivity index (χ3v) is 6.02. The number of benzene rings is 3. The molecule has 1 aliphatic rings. The van der Waals surface area contributed by atoms with Crippen LogP contribution in [0.1, 0.15) is 27.8 Å². The molecule has 0 spiro atoms. The van der Waals surface area contributed by atoms with E-state index in [1.54, 1.807) is 25.3 Å². The third-order valence-electron chi connectivity index (χ3n) is 5.77. The summed E-state index contributed by atoms with van der Waals surface area (Å²) in [6, 6.07) is 18.4. The molecule has 3 aromatic carbocycles. The van der Waals surface area contributed by atoms with Gasteiger partial charge in [0.1, 0.15) is 12.3 Å². The zero-order chi connectivity index (χ0) is 25.7. The number of nitrogens with zero attached hydrogens (tertiary/aromatic N) is 1. The minimum absolute atomic E-state index is 0.199. The van der Waals surface area contributed by atoms with Crippen LogP contribution in [0.3, 0.4) is 0 Å². The first kappa shape index (κ1) is 25.1. The molecule has 0 saturated carbocycles. The number of carbonyl (C=O) groups is 2. The van der Waals surface area contributed by atoms with Crippen molar-refractivity contribution in [3.05, 3.63) is 112 Å². The van der Waals surface area contributed by atoms with Crippen molar-refractivity contribution in [3.8, 4) is 11.5 Å². The number of methoxy groups -OCH3 is 1. The molecule has 4 rings (SSSR count). The van der Waals surface area contributed by atoms with Gasteiger partial charge < -0.3 is 14.8 Å². The topological polar surface area (TPSA) is 67.9 Å². The van der Waals surface area contributed by atoms with Crippen LogP contribution in [0.5, 0.6) is 11.5 Å². The normalized spacial score (nSPS) is 14.2. The molecule has 1 saturated heterocycles. The van der Waals surface area contributed by atoms with Crippen molar-refractivity contribution >= 4 is 29.6 Å². The first-order valence-electron chi connectivity index (χ1n) is 11.5. The van der Waals surface area contributed by atoms with Crippen LogP contribution in [0.4, 0.5) is 4.79 Å². The van der Waals surface area contributed by atoms with Gasteiger partial charge in [0.05, 0.1) is 13.7 Å². The summed E-state index contributed by atoms with van der Waals surface area (Å²) < 4.78 is 11.7. The van der Waals surface area contributed by atoms with Gasteiger partial charge in [-0.1, -0.05) is 59.6 Å². The Morgan fingerprint density at radius 3 is 2.39 bits per heavy atom. The zero-order valence-electron chi connectivity index (χ0n) is 20.2. The van der Waals surface area contributed by atoms with Gasteiger partial charge in [0.2, 0.25) is 0 Å². The third kappa shape index (κ3) is 5.78. The molecule has 1 N–H and O–H groups in total.